The molecule has 2 heteroatoms. The Bertz CT molecular complexity index is 178. The summed E-state index contributed by atoms with van der Waals surface area (Å²) in [4.78, 5) is 11.8. The number of carbonyl (C=O) groups is 1. The molecule has 0 saturated carbocycles. The van der Waals surface area contributed by atoms with Crippen molar-refractivity contribution >= 4 is 5.97 Å². The first-order valence-corrected chi connectivity index (χ1v) is 6.86. The molecule has 0 rings (SSSR count). The van der Waals surface area contributed by atoms with Crippen LogP contribution in [-0.4, -0.2) is 12.6 Å². The number of hydrogen-bond donors (Lipinski definition) is 0. The van der Waals surface area contributed by atoms with Crippen molar-refractivity contribution in [1.29, 1.82) is 0 Å². The minimum Gasteiger partial charge on any atom is -0.465 e. The van der Waals surface area contributed by atoms with E-state index >= 15 is 0 Å². The lowest BCUT2D eigenvalue weighted by Gasteiger charge is -2.17. The highest BCUT2D eigenvalue weighted by Gasteiger charge is 2.18. The van der Waals surface area contributed by atoms with Gasteiger partial charge in [0.2, 0.25) is 0 Å². The van der Waals surface area contributed by atoms with Gasteiger partial charge in [-0.15, -0.1) is 0 Å². The van der Waals surface area contributed by atoms with E-state index in [1.165, 1.54) is 6.42 Å². The summed E-state index contributed by atoms with van der Waals surface area (Å²) >= 11 is 0. The van der Waals surface area contributed by atoms with Crippen molar-refractivity contribution in [2.24, 2.45) is 11.8 Å². The Morgan fingerprint density at radius 3 is 2.06 bits per heavy atom. The van der Waals surface area contributed by atoms with Gasteiger partial charge in [0.25, 0.3) is 0 Å². The normalized spacial score (nSPS) is 14.5. The van der Waals surface area contributed by atoms with Crippen molar-refractivity contribution in [1.82, 2.24) is 0 Å². The smallest absolute Gasteiger partial charge is 0.308 e. The summed E-state index contributed by atoms with van der Waals surface area (Å²) in [6, 6.07) is 0. The zero-order valence-electron chi connectivity index (χ0n) is 11.4. The van der Waals surface area contributed by atoms with Crippen LogP contribution in [0.2, 0.25) is 0 Å². The topological polar surface area (TPSA) is 26.3 Å². The van der Waals surface area contributed by atoms with Crippen LogP contribution in [0.25, 0.3) is 0 Å². The third-order valence-corrected chi connectivity index (χ3v) is 3.20. The molecule has 0 spiro atoms. The fourth-order valence-electron chi connectivity index (χ4n) is 1.97. The Balaban J connectivity index is 3.92. The monoisotopic (exact) mass is 228 g/mol. The molecule has 2 unspecified atom stereocenters. The molecule has 0 aliphatic carbocycles. The molecule has 0 aliphatic heterocycles. The SMILES string of the molecule is CCCC(CC)COC(=O)C(CC)CCC. The molecule has 0 bridgehead atoms. The van der Waals surface area contributed by atoms with Crippen LogP contribution < -0.4 is 0 Å². The Morgan fingerprint density at radius 2 is 1.62 bits per heavy atom. The zero-order valence-corrected chi connectivity index (χ0v) is 11.4. The first-order chi connectivity index (χ1) is 7.69. The lowest BCUT2D eigenvalue weighted by Crippen LogP contribution is -2.20. The van der Waals surface area contributed by atoms with Crippen LogP contribution in [0.3, 0.4) is 0 Å². The van der Waals surface area contributed by atoms with Crippen LogP contribution >= 0.6 is 0 Å². The fraction of sp³-hybridized carbons (Fsp3) is 0.929. The Morgan fingerprint density at radius 1 is 1.00 bits per heavy atom. The van der Waals surface area contributed by atoms with Gasteiger partial charge in [-0.25, -0.2) is 0 Å². The van der Waals surface area contributed by atoms with Gasteiger partial charge in [0.1, 0.15) is 0 Å². The summed E-state index contributed by atoms with van der Waals surface area (Å²) in [5, 5.41) is 0. The maximum Gasteiger partial charge on any atom is 0.308 e. The van der Waals surface area contributed by atoms with Gasteiger partial charge >= 0.3 is 5.97 Å². The number of rotatable bonds is 9. The van der Waals surface area contributed by atoms with Crippen LogP contribution in [0, 0.1) is 11.8 Å². The largest absolute Gasteiger partial charge is 0.465 e. The summed E-state index contributed by atoms with van der Waals surface area (Å²) in [5.74, 6) is 0.677. The Kier molecular flexibility index (Phi) is 9.36. The average molecular weight is 228 g/mol. The molecule has 2 nitrogen and oxygen atoms in total. The molecule has 0 amide bonds. The third-order valence-electron chi connectivity index (χ3n) is 3.20. The molecule has 0 aromatic rings. The standard InChI is InChI=1S/C14H28O2/c1-5-9-12(7-3)11-16-14(15)13(8-4)10-6-2/h12-13H,5-11H2,1-4H3. The van der Waals surface area contributed by atoms with Crippen LogP contribution in [0.1, 0.15) is 66.2 Å². The van der Waals surface area contributed by atoms with E-state index < -0.39 is 0 Å². The minimum absolute atomic E-state index is 0.0129. The first-order valence-electron chi connectivity index (χ1n) is 6.86. The molecule has 96 valence electrons. The zero-order chi connectivity index (χ0) is 12.4. The van der Waals surface area contributed by atoms with E-state index in [0.29, 0.717) is 12.5 Å². The van der Waals surface area contributed by atoms with E-state index in [-0.39, 0.29) is 11.9 Å². The Hall–Kier alpha value is -0.530. The number of carbonyl (C=O) groups excluding carboxylic acids is 1. The van der Waals surface area contributed by atoms with Crippen molar-refractivity contribution in [3.63, 3.8) is 0 Å². The fourth-order valence-corrected chi connectivity index (χ4v) is 1.97. The van der Waals surface area contributed by atoms with Crippen molar-refractivity contribution in [2.45, 2.75) is 66.2 Å². The molecule has 0 aromatic heterocycles. The predicted octanol–water partition coefficient (Wildman–Crippen LogP) is 4.18. The highest BCUT2D eigenvalue weighted by Crippen LogP contribution is 2.16. The van der Waals surface area contributed by atoms with E-state index in [1.54, 1.807) is 0 Å². The van der Waals surface area contributed by atoms with E-state index in [1.807, 2.05) is 0 Å². The van der Waals surface area contributed by atoms with Gasteiger partial charge < -0.3 is 4.74 Å². The van der Waals surface area contributed by atoms with Crippen LogP contribution in [0.4, 0.5) is 0 Å². The van der Waals surface area contributed by atoms with Crippen molar-refractivity contribution in [3.8, 4) is 0 Å². The molecule has 0 fully saturated rings. The molecule has 0 aromatic carbocycles. The lowest BCUT2D eigenvalue weighted by molar-refractivity contribution is -0.150. The van der Waals surface area contributed by atoms with E-state index in [0.717, 1.165) is 32.1 Å². The summed E-state index contributed by atoms with van der Waals surface area (Å²) in [7, 11) is 0. The molecule has 0 saturated heterocycles. The van der Waals surface area contributed by atoms with Gasteiger partial charge in [-0.3, -0.25) is 4.79 Å². The maximum atomic E-state index is 11.8. The van der Waals surface area contributed by atoms with Gasteiger partial charge in [0, 0.05) is 0 Å². The second-order valence-electron chi connectivity index (χ2n) is 4.59. The molecule has 0 radical (unpaired) electrons. The average Bonchev–Trinajstić information content (AvgIpc) is 2.30. The van der Waals surface area contributed by atoms with Crippen molar-refractivity contribution in [2.75, 3.05) is 6.61 Å². The second kappa shape index (κ2) is 9.68. The number of hydrogen-bond acceptors (Lipinski definition) is 2. The van der Waals surface area contributed by atoms with Crippen LogP contribution in [0.15, 0.2) is 0 Å². The van der Waals surface area contributed by atoms with Gasteiger partial charge in [-0.05, 0) is 25.2 Å². The van der Waals surface area contributed by atoms with E-state index in [2.05, 4.69) is 27.7 Å². The summed E-state index contributed by atoms with van der Waals surface area (Å²) in [6.45, 7) is 9.13. The maximum absolute atomic E-state index is 11.8. The number of esters is 1. The van der Waals surface area contributed by atoms with Gasteiger partial charge in [-0.2, -0.15) is 0 Å². The third kappa shape index (κ3) is 6.14. The summed E-state index contributed by atoms with van der Waals surface area (Å²) in [6.07, 6.45) is 6.35. The van der Waals surface area contributed by atoms with Crippen molar-refractivity contribution < 1.29 is 9.53 Å². The van der Waals surface area contributed by atoms with E-state index in [9.17, 15) is 4.79 Å². The summed E-state index contributed by atoms with van der Waals surface area (Å²) in [5.41, 5.74) is 0. The first kappa shape index (κ1) is 15.5. The number of ether oxygens (including phenoxy) is 1. The Labute approximate surface area is 101 Å². The second-order valence-corrected chi connectivity index (χ2v) is 4.59. The lowest BCUT2D eigenvalue weighted by atomic mass is 10.00. The van der Waals surface area contributed by atoms with Crippen LogP contribution in [0.5, 0.6) is 0 Å². The molecule has 0 N–H and O–H groups in total. The van der Waals surface area contributed by atoms with Gasteiger partial charge in [-0.1, -0.05) is 47.0 Å². The van der Waals surface area contributed by atoms with Gasteiger partial charge in [0.05, 0.1) is 12.5 Å². The quantitative estimate of drug-likeness (QED) is 0.553. The minimum atomic E-state index is 0.0129. The molecule has 16 heavy (non-hydrogen) atoms. The summed E-state index contributed by atoms with van der Waals surface area (Å²) < 4.78 is 5.41. The highest BCUT2D eigenvalue weighted by atomic mass is 16.5. The molecule has 0 heterocycles. The molecule has 2 atom stereocenters. The predicted molar refractivity (Wildman–Crippen MR) is 68.3 cm³/mol. The molecular weight excluding hydrogens is 200 g/mol. The van der Waals surface area contributed by atoms with Crippen LogP contribution in [-0.2, 0) is 9.53 Å². The molecule has 0 aliphatic rings. The van der Waals surface area contributed by atoms with Gasteiger partial charge in [0.15, 0.2) is 0 Å². The van der Waals surface area contributed by atoms with Crippen molar-refractivity contribution in [3.05, 3.63) is 0 Å². The highest BCUT2D eigenvalue weighted by molar-refractivity contribution is 5.72. The van der Waals surface area contributed by atoms with E-state index in [4.69, 9.17) is 4.74 Å². The molecular formula is C14H28O2.